The van der Waals surface area contributed by atoms with Gasteiger partial charge < -0.3 is 10.2 Å². The molecular weight excluding hydrogens is 250 g/mol. The minimum atomic E-state index is -0.109. The molecule has 0 saturated heterocycles. The van der Waals surface area contributed by atoms with E-state index >= 15 is 0 Å². The van der Waals surface area contributed by atoms with Crippen LogP contribution in [0.1, 0.15) is 40.4 Å². The molecule has 0 spiro atoms. The summed E-state index contributed by atoms with van der Waals surface area (Å²) in [4.78, 5) is 11.3. The fraction of sp³-hybridized carbons (Fsp3) is 0.667. The zero-order valence-corrected chi connectivity index (χ0v) is 13.4. The fourth-order valence-electron chi connectivity index (χ4n) is 1.82. The third-order valence-corrected chi connectivity index (χ3v) is 3.06. The molecule has 20 heavy (non-hydrogen) atoms. The Morgan fingerprint density at radius 2 is 2.05 bits per heavy atom. The molecule has 5 nitrogen and oxygen atoms in total. The van der Waals surface area contributed by atoms with Gasteiger partial charge in [0.25, 0.3) is 0 Å². The van der Waals surface area contributed by atoms with Crippen molar-refractivity contribution in [3.8, 4) is 6.07 Å². The quantitative estimate of drug-likeness (QED) is 0.895. The highest BCUT2D eigenvalue weighted by atomic mass is 15.2. The van der Waals surface area contributed by atoms with Crippen LogP contribution in [0, 0.1) is 17.2 Å². The maximum absolute atomic E-state index is 8.99. The van der Waals surface area contributed by atoms with Gasteiger partial charge in [-0.2, -0.15) is 5.26 Å². The third kappa shape index (κ3) is 4.09. The van der Waals surface area contributed by atoms with Crippen molar-refractivity contribution in [2.75, 3.05) is 30.4 Å². The molecule has 1 aromatic heterocycles. The number of rotatable bonds is 5. The average molecular weight is 275 g/mol. The smallest absolute Gasteiger partial charge is 0.138 e. The summed E-state index contributed by atoms with van der Waals surface area (Å²) < 4.78 is 0. The molecular formula is C15H25N5. The first kappa shape index (κ1) is 16.2. The molecule has 0 aliphatic carbocycles. The minimum Gasteiger partial charge on any atom is -0.373 e. The Labute approximate surface area is 122 Å². The monoisotopic (exact) mass is 275 g/mol. The minimum absolute atomic E-state index is 0.0268. The predicted octanol–water partition coefficient (Wildman–Crippen LogP) is 2.80. The predicted molar refractivity (Wildman–Crippen MR) is 82.9 cm³/mol. The summed E-state index contributed by atoms with van der Waals surface area (Å²) in [5.41, 5.74) is -0.109. The highest BCUT2D eigenvalue weighted by molar-refractivity contribution is 5.49. The number of nitrogens with zero attached hydrogens (tertiary/aromatic N) is 4. The summed E-state index contributed by atoms with van der Waals surface area (Å²) in [5.74, 6) is 2.46. The lowest BCUT2D eigenvalue weighted by Crippen LogP contribution is -2.30. The molecule has 1 heterocycles. The normalized spacial score (nSPS) is 12.7. The van der Waals surface area contributed by atoms with Gasteiger partial charge in [0, 0.05) is 31.6 Å². The van der Waals surface area contributed by atoms with Gasteiger partial charge >= 0.3 is 0 Å². The van der Waals surface area contributed by atoms with Crippen molar-refractivity contribution in [2.24, 2.45) is 5.92 Å². The van der Waals surface area contributed by atoms with Gasteiger partial charge in [-0.05, 0) is 13.8 Å². The average Bonchev–Trinajstić information content (AvgIpc) is 2.42. The van der Waals surface area contributed by atoms with Gasteiger partial charge in [0.05, 0.1) is 12.0 Å². The number of anilines is 2. The number of hydrogen-bond donors (Lipinski definition) is 1. The molecule has 0 amide bonds. The summed E-state index contributed by atoms with van der Waals surface area (Å²) in [7, 11) is 1.85. The Hall–Kier alpha value is -1.83. The van der Waals surface area contributed by atoms with Crippen LogP contribution in [0.15, 0.2) is 6.07 Å². The van der Waals surface area contributed by atoms with Crippen LogP contribution < -0.4 is 10.2 Å². The molecule has 0 bridgehead atoms. The van der Waals surface area contributed by atoms with Crippen LogP contribution in [0.25, 0.3) is 0 Å². The number of nitrogens with one attached hydrogen (secondary N) is 1. The van der Waals surface area contributed by atoms with E-state index in [-0.39, 0.29) is 11.3 Å². The Morgan fingerprint density at radius 3 is 2.50 bits per heavy atom. The van der Waals surface area contributed by atoms with Gasteiger partial charge in [-0.25, -0.2) is 9.97 Å². The van der Waals surface area contributed by atoms with Crippen molar-refractivity contribution in [1.82, 2.24) is 9.97 Å². The molecule has 0 aliphatic heterocycles. The van der Waals surface area contributed by atoms with Crippen molar-refractivity contribution in [3.05, 3.63) is 11.9 Å². The summed E-state index contributed by atoms with van der Waals surface area (Å²) in [6.45, 7) is 11.8. The number of aromatic nitrogens is 2. The first-order chi connectivity index (χ1) is 9.31. The largest absolute Gasteiger partial charge is 0.373 e. The second-order valence-corrected chi connectivity index (χ2v) is 6.00. The van der Waals surface area contributed by atoms with Gasteiger partial charge in [0.1, 0.15) is 17.5 Å². The van der Waals surface area contributed by atoms with E-state index in [4.69, 9.17) is 5.26 Å². The van der Waals surface area contributed by atoms with E-state index in [0.717, 1.165) is 24.0 Å². The van der Waals surface area contributed by atoms with Crippen LogP contribution in [-0.4, -0.2) is 30.1 Å². The molecule has 110 valence electrons. The summed E-state index contributed by atoms with van der Waals surface area (Å²) in [5, 5.41) is 12.1. The van der Waals surface area contributed by atoms with E-state index in [1.54, 1.807) is 0 Å². The Kier molecular flexibility index (Phi) is 5.32. The molecule has 1 N–H and O–H groups in total. The highest BCUT2D eigenvalue weighted by Crippen LogP contribution is 2.24. The van der Waals surface area contributed by atoms with E-state index in [1.807, 2.05) is 20.0 Å². The zero-order chi connectivity index (χ0) is 15.3. The SMILES string of the molecule is CCN(CC(C)C#N)c1cc(NC)nc(C(C)(C)C)n1. The molecule has 0 saturated carbocycles. The van der Waals surface area contributed by atoms with E-state index < -0.39 is 0 Å². The Morgan fingerprint density at radius 1 is 1.40 bits per heavy atom. The number of nitriles is 1. The Balaban J connectivity index is 3.18. The molecule has 1 atom stereocenters. The third-order valence-electron chi connectivity index (χ3n) is 3.06. The van der Waals surface area contributed by atoms with Crippen molar-refractivity contribution >= 4 is 11.6 Å². The highest BCUT2D eigenvalue weighted by Gasteiger charge is 2.21. The van der Waals surface area contributed by atoms with Gasteiger partial charge in [0.2, 0.25) is 0 Å². The molecule has 5 heteroatoms. The van der Waals surface area contributed by atoms with E-state index in [9.17, 15) is 0 Å². The molecule has 0 fully saturated rings. The lowest BCUT2D eigenvalue weighted by atomic mass is 9.96. The molecule has 1 aromatic rings. The van der Waals surface area contributed by atoms with Crippen LogP contribution in [0.5, 0.6) is 0 Å². The summed E-state index contributed by atoms with van der Waals surface area (Å²) in [6, 6.07) is 4.21. The first-order valence-corrected chi connectivity index (χ1v) is 7.03. The fourth-order valence-corrected chi connectivity index (χ4v) is 1.82. The van der Waals surface area contributed by atoms with Crippen molar-refractivity contribution in [1.29, 1.82) is 5.26 Å². The van der Waals surface area contributed by atoms with Crippen LogP contribution in [-0.2, 0) is 5.41 Å². The van der Waals surface area contributed by atoms with Gasteiger partial charge in [-0.1, -0.05) is 20.8 Å². The van der Waals surface area contributed by atoms with Gasteiger partial charge in [-0.3, -0.25) is 0 Å². The first-order valence-electron chi connectivity index (χ1n) is 7.03. The number of hydrogen-bond acceptors (Lipinski definition) is 5. The maximum Gasteiger partial charge on any atom is 0.138 e. The molecule has 0 aliphatic rings. The molecule has 0 aromatic carbocycles. The van der Waals surface area contributed by atoms with E-state index in [1.165, 1.54) is 0 Å². The van der Waals surface area contributed by atoms with Crippen LogP contribution in [0.2, 0.25) is 0 Å². The summed E-state index contributed by atoms with van der Waals surface area (Å²) >= 11 is 0. The van der Waals surface area contributed by atoms with Gasteiger partial charge in [0.15, 0.2) is 0 Å². The zero-order valence-electron chi connectivity index (χ0n) is 13.4. The van der Waals surface area contributed by atoms with Crippen LogP contribution in [0.3, 0.4) is 0 Å². The van der Waals surface area contributed by atoms with Crippen LogP contribution in [0.4, 0.5) is 11.6 Å². The topological polar surface area (TPSA) is 64.8 Å². The van der Waals surface area contributed by atoms with E-state index in [0.29, 0.717) is 6.54 Å². The maximum atomic E-state index is 8.99. The Bertz CT molecular complexity index is 484. The standard InChI is InChI=1S/C15H25N5/c1-7-20(10-11(2)9-16)13-8-12(17-6)18-14(19-13)15(3,4)5/h8,11H,7,10H2,1-6H3,(H,17,18,19). The second kappa shape index (κ2) is 6.56. The lowest BCUT2D eigenvalue weighted by molar-refractivity contribution is 0.543. The van der Waals surface area contributed by atoms with Crippen LogP contribution >= 0.6 is 0 Å². The molecule has 1 rings (SSSR count). The molecule has 0 radical (unpaired) electrons. The second-order valence-electron chi connectivity index (χ2n) is 6.00. The van der Waals surface area contributed by atoms with Crippen molar-refractivity contribution < 1.29 is 0 Å². The summed E-state index contributed by atoms with van der Waals surface area (Å²) in [6.07, 6.45) is 0. The lowest BCUT2D eigenvalue weighted by Gasteiger charge is -2.26. The van der Waals surface area contributed by atoms with Crippen molar-refractivity contribution in [3.63, 3.8) is 0 Å². The van der Waals surface area contributed by atoms with Gasteiger partial charge in [-0.15, -0.1) is 0 Å². The molecule has 1 unspecified atom stereocenters. The van der Waals surface area contributed by atoms with Crippen molar-refractivity contribution in [2.45, 2.75) is 40.0 Å². The van der Waals surface area contributed by atoms with E-state index in [2.05, 4.69) is 53.9 Å².